The maximum Gasteiger partial charge on any atom is 0.144 e. The first kappa shape index (κ1) is 11.3. The molecule has 1 heterocycles. The Hall–Kier alpha value is -1.16. The molecule has 0 radical (unpaired) electrons. The van der Waals surface area contributed by atoms with E-state index in [2.05, 4.69) is 15.3 Å². The van der Waals surface area contributed by atoms with Gasteiger partial charge in [-0.15, -0.1) is 0 Å². The van der Waals surface area contributed by atoms with Gasteiger partial charge in [0.2, 0.25) is 0 Å². The molecular weight excluding hydrogens is 202 g/mol. The van der Waals surface area contributed by atoms with Crippen molar-refractivity contribution in [2.75, 3.05) is 11.9 Å². The largest absolute Gasteiger partial charge is 0.388 e. The van der Waals surface area contributed by atoms with E-state index in [-0.39, 0.29) is 0 Å². The van der Waals surface area contributed by atoms with E-state index < -0.39 is 5.60 Å². The monoisotopic (exact) mass is 221 g/mol. The summed E-state index contributed by atoms with van der Waals surface area (Å²) in [6, 6.07) is 0. The molecule has 0 saturated heterocycles. The fraction of sp³-hybridized carbons (Fsp3) is 0.667. The quantitative estimate of drug-likeness (QED) is 0.766. The van der Waals surface area contributed by atoms with E-state index in [1.54, 1.807) is 18.6 Å². The minimum absolute atomic E-state index is 0.561. The van der Waals surface area contributed by atoms with Gasteiger partial charge < -0.3 is 10.4 Å². The molecule has 0 amide bonds. The smallest absolute Gasteiger partial charge is 0.144 e. The van der Waals surface area contributed by atoms with Crippen LogP contribution in [0.4, 0.5) is 5.82 Å². The Kier molecular flexibility index (Phi) is 3.72. The third-order valence-corrected chi connectivity index (χ3v) is 3.20. The molecule has 0 bridgehead atoms. The number of nitrogens with one attached hydrogen (secondary N) is 1. The van der Waals surface area contributed by atoms with E-state index in [1.807, 2.05) is 0 Å². The summed E-state index contributed by atoms with van der Waals surface area (Å²) >= 11 is 0. The van der Waals surface area contributed by atoms with Gasteiger partial charge in [0, 0.05) is 18.9 Å². The number of nitrogens with zero attached hydrogens (tertiary/aromatic N) is 2. The van der Waals surface area contributed by atoms with Gasteiger partial charge in [0.05, 0.1) is 11.8 Å². The number of hydrogen-bond acceptors (Lipinski definition) is 4. The van der Waals surface area contributed by atoms with E-state index >= 15 is 0 Å². The van der Waals surface area contributed by atoms with Crippen LogP contribution < -0.4 is 5.32 Å². The zero-order valence-electron chi connectivity index (χ0n) is 9.52. The van der Waals surface area contributed by atoms with Crippen LogP contribution in [-0.2, 0) is 0 Å². The number of rotatable bonds is 3. The minimum Gasteiger partial charge on any atom is -0.388 e. The lowest BCUT2D eigenvalue weighted by Crippen LogP contribution is -2.36. The summed E-state index contributed by atoms with van der Waals surface area (Å²) < 4.78 is 0. The fourth-order valence-corrected chi connectivity index (χ4v) is 2.21. The van der Waals surface area contributed by atoms with Crippen molar-refractivity contribution in [1.29, 1.82) is 0 Å². The summed E-state index contributed by atoms with van der Waals surface area (Å²) in [6.45, 7) is 0.575. The molecule has 1 aliphatic rings. The first-order valence-electron chi connectivity index (χ1n) is 6.01. The van der Waals surface area contributed by atoms with E-state index in [4.69, 9.17) is 0 Å². The van der Waals surface area contributed by atoms with Gasteiger partial charge in [-0.1, -0.05) is 25.7 Å². The van der Waals surface area contributed by atoms with Gasteiger partial charge in [-0.25, -0.2) is 4.98 Å². The predicted octanol–water partition coefficient (Wildman–Crippen LogP) is 1.97. The Labute approximate surface area is 96.1 Å². The molecule has 1 aliphatic carbocycles. The van der Waals surface area contributed by atoms with Crippen LogP contribution in [0.1, 0.15) is 38.5 Å². The van der Waals surface area contributed by atoms with E-state index in [1.165, 1.54) is 12.8 Å². The molecule has 1 aromatic heterocycles. The highest BCUT2D eigenvalue weighted by atomic mass is 16.3. The molecule has 16 heavy (non-hydrogen) atoms. The van der Waals surface area contributed by atoms with Crippen LogP contribution in [0.3, 0.4) is 0 Å². The molecule has 2 N–H and O–H groups in total. The molecule has 4 heteroatoms. The topological polar surface area (TPSA) is 58.0 Å². The van der Waals surface area contributed by atoms with E-state index in [9.17, 15) is 5.11 Å². The molecule has 0 unspecified atom stereocenters. The van der Waals surface area contributed by atoms with Gasteiger partial charge in [-0.2, -0.15) is 0 Å². The summed E-state index contributed by atoms with van der Waals surface area (Å²) in [6.07, 6.45) is 11.5. The highest BCUT2D eigenvalue weighted by Gasteiger charge is 2.27. The highest BCUT2D eigenvalue weighted by molar-refractivity contribution is 5.30. The molecular formula is C12H19N3O. The summed E-state index contributed by atoms with van der Waals surface area (Å²) in [5.74, 6) is 0.736. The average molecular weight is 221 g/mol. The van der Waals surface area contributed by atoms with Crippen LogP contribution >= 0.6 is 0 Å². The zero-order chi connectivity index (χ0) is 11.3. The number of anilines is 1. The van der Waals surface area contributed by atoms with Gasteiger partial charge in [0.15, 0.2) is 0 Å². The Balaban J connectivity index is 1.88. The average Bonchev–Trinajstić information content (AvgIpc) is 2.54. The Morgan fingerprint density at radius 2 is 1.94 bits per heavy atom. The van der Waals surface area contributed by atoms with Crippen molar-refractivity contribution in [3.63, 3.8) is 0 Å². The van der Waals surface area contributed by atoms with Crippen LogP contribution in [0.15, 0.2) is 18.6 Å². The van der Waals surface area contributed by atoms with Crippen LogP contribution in [0.2, 0.25) is 0 Å². The predicted molar refractivity (Wildman–Crippen MR) is 63.2 cm³/mol. The molecule has 0 spiro atoms. The molecule has 88 valence electrons. The third-order valence-electron chi connectivity index (χ3n) is 3.20. The van der Waals surface area contributed by atoms with Crippen molar-refractivity contribution >= 4 is 5.82 Å². The van der Waals surface area contributed by atoms with Crippen molar-refractivity contribution in [2.45, 2.75) is 44.1 Å². The Morgan fingerprint density at radius 1 is 1.19 bits per heavy atom. The maximum atomic E-state index is 10.4. The van der Waals surface area contributed by atoms with Crippen LogP contribution in [0.5, 0.6) is 0 Å². The number of aromatic nitrogens is 2. The van der Waals surface area contributed by atoms with Gasteiger partial charge >= 0.3 is 0 Å². The van der Waals surface area contributed by atoms with E-state index in [0.717, 1.165) is 31.5 Å². The molecule has 1 aromatic rings. The van der Waals surface area contributed by atoms with Crippen LogP contribution in [-0.4, -0.2) is 27.2 Å². The van der Waals surface area contributed by atoms with Gasteiger partial charge in [0.1, 0.15) is 5.82 Å². The number of hydrogen-bond donors (Lipinski definition) is 2. The summed E-state index contributed by atoms with van der Waals surface area (Å²) in [5, 5.41) is 13.6. The Bertz CT molecular complexity index is 307. The second-order valence-corrected chi connectivity index (χ2v) is 4.58. The molecule has 0 atom stereocenters. The molecule has 0 aliphatic heterocycles. The minimum atomic E-state index is -0.561. The standard InChI is InChI=1S/C12H19N3O/c16-12(5-3-1-2-4-6-12)10-15-11-9-13-7-8-14-11/h7-9,16H,1-6,10H2,(H,14,15). The molecule has 1 fully saturated rings. The Morgan fingerprint density at radius 3 is 2.56 bits per heavy atom. The SMILES string of the molecule is OC1(CNc2cnccn2)CCCCCC1. The second-order valence-electron chi connectivity index (χ2n) is 4.58. The number of aliphatic hydroxyl groups is 1. The van der Waals surface area contributed by atoms with Gasteiger partial charge in [0.25, 0.3) is 0 Å². The van der Waals surface area contributed by atoms with Gasteiger partial charge in [-0.3, -0.25) is 4.98 Å². The fourth-order valence-electron chi connectivity index (χ4n) is 2.21. The summed E-state index contributed by atoms with van der Waals surface area (Å²) in [4.78, 5) is 8.12. The lowest BCUT2D eigenvalue weighted by atomic mass is 9.94. The van der Waals surface area contributed by atoms with Crippen molar-refractivity contribution in [2.24, 2.45) is 0 Å². The summed E-state index contributed by atoms with van der Waals surface area (Å²) in [7, 11) is 0. The van der Waals surface area contributed by atoms with Crippen molar-refractivity contribution in [1.82, 2.24) is 9.97 Å². The molecule has 2 rings (SSSR count). The highest BCUT2D eigenvalue weighted by Crippen LogP contribution is 2.26. The third kappa shape index (κ3) is 3.17. The van der Waals surface area contributed by atoms with Crippen LogP contribution in [0.25, 0.3) is 0 Å². The summed E-state index contributed by atoms with van der Waals surface area (Å²) in [5.41, 5.74) is -0.561. The molecule has 1 saturated carbocycles. The van der Waals surface area contributed by atoms with Gasteiger partial charge in [-0.05, 0) is 12.8 Å². The van der Waals surface area contributed by atoms with Crippen molar-refractivity contribution in [3.05, 3.63) is 18.6 Å². The lowest BCUT2D eigenvalue weighted by molar-refractivity contribution is 0.0380. The second kappa shape index (κ2) is 5.25. The van der Waals surface area contributed by atoms with E-state index in [0.29, 0.717) is 6.54 Å². The van der Waals surface area contributed by atoms with Crippen LogP contribution in [0, 0.1) is 0 Å². The van der Waals surface area contributed by atoms with Crippen molar-refractivity contribution in [3.8, 4) is 0 Å². The first-order chi connectivity index (χ1) is 7.79. The molecule has 4 nitrogen and oxygen atoms in total. The first-order valence-corrected chi connectivity index (χ1v) is 6.01. The maximum absolute atomic E-state index is 10.4. The zero-order valence-corrected chi connectivity index (χ0v) is 9.52. The normalized spacial score (nSPS) is 20.1. The molecule has 0 aromatic carbocycles. The van der Waals surface area contributed by atoms with Crippen molar-refractivity contribution < 1.29 is 5.11 Å². The lowest BCUT2D eigenvalue weighted by Gasteiger charge is -2.26.